The zero-order valence-electron chi connectivity index (χ0n) is 32.8. The molecule has 4 unspecified atom stereocenters. The summed E-state index contributed by atoms with van der Waals surface area (Å²) in [6, 6.07) is 64.3. The quantitative estimate of drug-likeness (QED) is 0.170. The van der Waals surface area contributed by atoms with Crippen molar-refractivity contribution in [2.45, 2.75) is 44.4 Å². The van der Waals surface area contributed by atoms with Crippen LogP contribution in [0.2, 0.25) is 0 Å². The molecule has 0 aliphatic heterocycles. The summed E-state index contributed by atoms with van der Waals surface area (Å²) in [4.78, 5) is 0. The van der Waals surface area contributed by atoms with Crippen molar-refractivity contribution in [3.05, 3.63) is 181 Å². The second-order valence-corrected chi connectivity index (χ2v) is 17.8. The number of para-hydroxylation sites is 2. The molecule has 8 aromatic carbocycles. The standard InChI is InChI=1S/C56H44N2/c1-35-29-36-27-28-56(41(30-35)31-36)49-18-7-4-17-47(49)54-50(56)26-25-46-48-33-39-11-2-3-12-40(39)34-53(48)58(55(46)54)42-23-21-37(22-24-42)38-13-10-14-43(32-38)57-51-19-8-5-15-44(51)45-16-6-9-20-52(45)57/h2-26,32-36,41H,27-31H2,1H3. The van der Waals surface area contributed by atoms with Crippen LogP contribution in [0.3, 0.4) is 0 Å². The predicted molar refractivity (Wildman–Crippen MR) is 244 cm³/mol. The Labute approximate surface area is 339 Å². The Balaban J connectivity index is 1.02. The van der Waals surface area contributed by atoms with Gasteiger partial charge in [0.1, 0.15) is 0 Å². The van der Waals surface area contributed by atoms with Gasteiger partial charge in [-0.3, -0.25) is 0 Å². The smallest absolute Gasteiger partial charge is 0.0622 e. The average molecular weight is 745 g/mol. The second-order valence-electron chi connectivity index (χ2n) is 17.8. The molecule has 278 valence electrons. The van der Waals surface area contributed by atoms with Gasteiger partial charge in [0.05, 0.1) is 22.1 Å². The first kappa shape index (κ1) is 32.7. The minimum absolute atomic E-state index is 0.0859. The minimum Gasteiger partial charge on any atom is -0.309 e. The van der Waals surface area contributed by atoms with E-state index in [1.807, 2.05) is 0 Å². The Morgan fingerprint density at radius 2 is 1.21 bits per heavy atom. The van der Waals surface area contributed by atoms with Crippen molar-refractivity contribution in [1.29, 1.82) is 0 Å². The Kier molecular flexibility index (Phi) is 6.80. The molecule has 0 saturated heterocycles. The molecule has 2 nitrogen and oxygen atoms in total. The second kappa shape index (κ2) is 12.1. The molecule has 4 atom stereocenters. The monoisotopic (exact) mass is 744 g/mol. The van der Waals surface area contributed by atoms with E-state index in [9.17, 15) is 0 Å². The number of nitrogens with zero attached hydrogens (tertiary/aromatic N) is 2. The van der Waals surface area contributed by atoms with E-state index in [4.69, 9.17) is 0 Å². The van der Waals surface area contributed by atoms with Gasteiger partial charge < -0.3 is 9.13 Å². The maximum atomic E-state index is 2.61. The molecule has 3 aliphatic rings. The van der Waals surface area contributed by atoms with E-state index >= 15 is 0 Å². The van der Waals surface area contributed by atoms with Gasteiger partial charge in [-0.05, 0) is 137 Å². The average Bonchev–Trinajstić information content (AvgIpc) is 3.88. The van der Waals surface area contributed by atoms with Crippen molar-refractivity contribution in [3.8, 4) is 33.6 Å². The largest absolute Gasteiger partial charge is 0.309 e. The molecule has 13 rings (SSSR count). The van der Waals surface area contributed by atoms with Gasteiger partial charge in [-0.25, -0.2) is 0 Å². The third kappa shape index (κ3) is 4.44. The summed E-state index contributed by atoms with van der Waals surface area (Å²) >= 11 is 0. The Bertz CT molecular complexity index is 3250. The summed E-state index contributed by atoms with van der Waals surface area (Å²) in [5, 5.41) is 7.81. The Morgan fingerprint density at radius 1 is 0.483 bits per heavy atom. The maximum absolute atomic E-state index is 2.61. The van der Waals surface area contributed by atoms with Crippen molar-refractivity contribution in [3.63, 3.8) is 0 Å². The van der Waals surface area contributed by atoms with Gasteiger partial charge in [0.25, 0.3) is 0 Å². The van der Waals surface area contributed by atoms with E-state index in [-0.39, 0.29) is 5.41 Å². The fraction of sp³-hybridized carbons (Fsp3) is 0.179. The van der Waals surface area contributed by atoms with Crippen LogP contribution in [0.5, 0.6) is 0 Å². The van der Waals surface area contributed by atoms with Crippen LogP contribution in [-0.2, 0) is 5.41 Å². The Hall–Kier alpha value is -6.38. The first-order valence-corrected chi connectivity index (χ1v) is 21.4. The van der Waals surface area contributed by atoms with Gasteiger partial charge >= 0.3 is 0 Å². The van der Waals surface area contributed by atoms with E-state index in [2.05, 4.69) is 186 Å². The molecule has 2 heterocycles. The van der Waals surface area contributed by atoms with Crippen molar-refractivity contribution < 1.29 is 0 Å². The molecule has 2 aromatic heterocycles. The fourth-order valence-electron chi connectivity index (χ4n) is 12.5. The van der Waals surface area contributed by atoms with Crippen molar-refractivity contribution in [2.24, 2.45) is 17.8 Å². The summed E-state index contributed by atoms with van der Waals surface area (Å²) in [6.07, 6.45) is 6.69. The Morgan fingerprint density at radius 3 is 2.02 bits per heavy atom. The molecule has 2 saturated carbocycles. The summed E-state index contributed by atoms with van der Waals surface area (Å²) in [7, 11) is 0. The van der Waals surface area contributed by atoms with E-state index in [1.54, 1.807) is 11.1 Å². The number of benzene rings is 8. The zero-order chi connectivity index (χ0) is 38.1. The molecular weight excluding hydrogens is 701 g/mol. The molecule has 2 fully saturated rings. The lowest BCUT2D eigenvalue weighted by molar-refractivity contribution is 0.0856. The molecule has 58 heavy (non-hydrogen) atoms. The molecular formula is C56H44N2. The molecule has 10 aromatic rings. The van der Waals surface area contributed by atoms with Crippen LogP contribution in [0, 0.1) is 17.8 Å². The SMILES string of the molecule is CC1CC2CCC3(c4ccccc4-c4c3ccc3c5cc6ccccc6cc5n(-c5ccc(-c6cccc(-n7c8ccccc8c8ccccc87)c6)cc5)c43)C(C1)C2. The summed E-state index contributed by atoms with van der Waals surface area (Å²) in [5.74, 6) is 2.35. The normalized spacial score (nSPS) is 21.1. The van der Waals surface area contributed by atoms with Crippen LogP contribution in [-0.4, -0.2) is 9.13 Å². The predicted octanol–water partition coefficient (Wildman–Crippen LogP) is 14.8. The number of fused-ring (bicyclic) bond motifs is 16. The molecule has 1 spiro atoms. The molecule has 0 N–H and O–H groups in total. The van der Waals surface area contributed by atoms with Crippen molar-refractivity contribution in [2.75, 3.05) is 0 Å². The number of hydrogen-bond acceptors (Lipinski definition) is 0. The van der Waals surface area contributed by atoms with Gasteiger partial charge in [0.2, 0.25) is 0 Å². The zero-order valence-corrected chi connectivity index (χ0v) is 32.8. The van der Waals surface area contributed by atoms with E-state index in [0.29, 0.717) is 5.92 Å². The van der Waals surface area contributed by atoms with Gasteiger partial charge in [-0.2, -0.15) is 0 Å². The van der Waals surface area contributed by atoms with Crippen molar-refractivity contribution >= 4 is 54.4 Å². The van der Waals surface area contributed by atoms with Crippen LogP contribution >= 0.6 is 0 Å². The van der Waals surface area contributed by atoms with Crippen LogP contribution in [0.15, 0.2) is 170 Å². The topological polar surface area (TPSA) is 9.86 Å². The van der Waals surface area contributed by atoms with Crippen LogP contribution in [0.4, 0.5) is 0 Å². The lowest BCUT2D eigenvalue weighted by atomic mass is 9.53. The van der Waals surface area contributed by atoms with E-state index in [1.165, 1.54) is 120 Å². The van der Waals surface area contributed by atoms with Crippen LogP contribution in [0.1, 0.15) is 50.2 Å². The first-order valence-electron chi connectivity index (χ1n) is 21.4. The molecule has 2 heteroatoms. The molecule has 2 bridgehead atoms. The number of aromatic nitrogens is 2. The summed E-state index contributed by atoms with van der Waals surface area (Å²) in [6.45, 7) is 2.51. The number of rotatable bonds is 3. The fourth-order valence-corrected chi connectivity index (χ4v) is 12.5. The third-order valence-electron chi connectivity index (χ3n) is 14.8. The highest BCUT2D eigenvalue weighted by molar-refractivity contribution is 6.18. The van der Waals surface area contributed by atoms with E-state index < -0.39 is 0 Å². The molecule has 3 aliphatic carbocycles. The van der Waals surface area contributed by atoms with Gasteiger partial charge in [-0.1, -0.05) is 128 Å². The summed E-state index contributed by atoms with van der Waals surface area (Å²) in [5.41, 5.74) is 16.1. The van der Waals surface area contributed by atoms with Gasteiger partial charge in [0.15, 0.2) is 0 Å². The van der Waals surface area contributed by atoms with Crippen molar-refractivity contribution in [1.82, 2.24) is 9.13 Å². The molecule has 0 radical (unpaired) electrons. The van der Waals surface area contributed by atoms with E-state index in [0.717, 1.165) is 11.8 Å². The van der Waals surface area contributed by atoms with Crippen LogP contribution < -0.4 is 0 Å². The highest BCUT2D eigenvalue weighted by atomic mass is 15.0. The maximum Gasteiger partial charge on any atom is 0.0622 e. The highest BCUT2D eigenvalue weighted by Crippen LogP contribution is 2.64. The molecule has 0 amide bonds. The lowest BCUT2D eigenvalue weighted by Gasteiger charge is -2.50. The lowest BCUT2D eigenvalue weighted by Crippen LogP contribution is -2.44. The first-order chi connectivity index (χ1) is 28.6. The third-order valence-corrected chi connectivity index (χ3v) is 14.8. The van der Waals surface area contributed by atoms with Crippen LogP contribution in [0.25, 0.3) is 88.0 Å². The summed E-state index contributed by atoms with van der Waals surface area (Å²) < 4.78 is 5.02. The van der Waals surface area contributed by atoms with Gasteiger partial charge in [0, 0.05) is 43.9 Å². The number of hydrogen-bond donors (Lipinski definition) is 0. The van der Waals surface area contributed by atoms with Gasteiger partial charge in [-0.15, -0.1) is 0 Å². The minimum atomic E-state index is 0.0859. The highest BCUT2D eigenvalue weighted by Gasteiger charge is 2.53.